The lowest BCUT2D eigenvalue weighted by molar-refractivity contribution is -0.122. The first-order valence-corrected chi connectivity index (χ1v) is 8.39. The summed E-state index contributed by atoms with van der Waals surface area (Å²) < 4.78 is 5.68. The molecule has 1 amide bonds. The lowest BCUT2D eigenvalue weighted by Gasteiger charge is -2.17. The van der Waals surface area contributed by atoms with E-state index < -0.39 is 6.10 Å². The average molecular weight is 352 g/mol. The molecule has 0 saturated carbocycles. The predicted molar refractivity (Wildman–Crippen MR) is 102 cm³/mol. The van der Waals surface area contributed by atoms with Gasteiger partial charge >= 0.3 is 0 Å². The van der Waals surface area contributed by atoms with Crippen molar-refractivity contribution in [1.82, 2.24) is 0 Å². The van der Waals surface area contributed by atoms with E-state index in [1.54, 1.807) is 19.1 Å². The highest BCUT2D eigenvalue weighted by atomic mass is 35.5. The molecule has 25 heavy (non-hydrogen) atoms. The Morgan fingerprint density at radius 1 is 0.920 bits per heavy atom. The van der Waals surface area contributed by atoms with E-state index in [1.165, 1.54) is 0 Å². The summed E-state index contributed by atoms with van der Waals surface area (Å²) in [5.41, 5.74) is 2.74. The maximum Gasteiger partial charge on any atom is 0.265 e. The average Bonchev–Trinajstić information content (AvgIpc) is 2.64. The Kier molecular flexibility index (Phi) is 5.36. The van der Waals surface area contributed by atoms with E-state index in [0.29, 0.717) is 10.8 Å². The van der Waals surface area contributed by atoms with Crippen LogP contribution in [0.1, 0.15) is 6.92 Å². The summed E-state index contributed by atoms with van der Waals surface area (Å²) in [5, 5.41) is 3.42. The molecule has 0 aliphatic carbocycles. The largest absolute Gasteiger partial charge is 0.479 e. The van der Waals surface area contributed by atoms with Crippen molar-refractivity contribution in [2.24, 2.45) is 0 Å². The zero-order valence-corrected chi connectivity index (χ0v) is 14.5. The Hall–Kier alpha value is -2.78. The van der Waals surface area contributed by atoms with Crippen LogP contribution in [0.4, 0.5) is 5.69 Å². The third-order valence-electron chi connectivity index (χ3n) is 3.78. The van der Waals surface area contributed by atoms with Gasteiger partial charge in [-0.15, -0.1) is 0 Å². The number of ether oxygens (including phenoxy) is 1. The second-order valence-electron chi connectivity index (χ2n) is 5.59. The van der Waals surface area contributed by atoms with Gasteiger partial charge in [0.1, 0.15) is 5.75 Å². The molecular weight excluding hydrogens is 334 g/mol. The molecular formula is C21H18ClNO2. The van der Waals surface area contributed by atoms with Crippen LogP contribution in [0.15, 0.2) is 78.9 Å². The fourth-order valence-electron chi connectivity index (χ4n) is 2.48. The van der Waals surface area contributed by atoms with E-state index in [0.717, 1.165) is 16.8 Å². The number of carbonyl (C=O) groups is 1. The molecule has 0 radical (unpaired) electrons. The highest BCUT2D eigenvalue weighted by molar-refractivity contribution is 6.32. The monoisotopic (exact) mass is 351 g/mol. The SMILES string of the molecule is CC(Oc1ccccc1Cl)C(=O)Nc1ccccc1-c1ccccc1. The maximum absolute atomic E-state index is 12.5. The highest BCUT2D eigenvalue weighted by Crippen LogP contribution is 2.28. The number of hydrogen-bond donors (Lipinski definition) is 1. The molecule has 1 N–H and O–H groups in total. The number of hydrogen-bond acceptors (Lipinski definition) is 2. The van der Waals surface area contributed by atoms with E-state index in [1.807, 2.05) is 66.7 Å². The zero-order valence-electron chi connectivity index (χ0n) is 13.8. The van der Waals surface area contributed by atoms with Gasteiger partial charge in [0.05, 0.1) is 5.02 Å². The molecule has 0 aliphatic rings. The summed E-state index contributed by atoms with van der Waals surface area (Å²) >= 11 is 6.08. The summed E-state index contributed by atoms with van der Waals surface area (Å²) in [6.45, 7) is 1.70. The molecule has 0 aliphatic heterocycles. The van der Waals surface area contributed by atoms with Gasteiger partial charge in [0.25, 0.3) is 5.91 Å². The Morgan fingerprint density at radius 3 is 2.32 bits per heavy atom. The van der Waals surface area contributed by atoms with Crippen LogP contribution in [-0.2, 0) is 4.79 Å². The number of para-hydroxylation sites is 2. The van der Waals surface area contributed by atoms with Gasteiger partial charge in [0, 0.05) is 11.3 Å². The third kappa shape index (κ3) is 4.20. The van der Waals surface area contributed by atoms with Gasteiger partial charge in [0.2, 0.25) is 0 Å². The molecule has 3 aromatic rings. The number of rotatable bonds is 5. The summed E-state index contributed by atoms with van der Waals surface area (Å²) in [6, 6.07) is 24.7. The van der Waals surface area contributed by atoms with E-state index in [9.17, 15) is 4.79 Å². The van der Waals surface area contributed by atoms with Gasteiger partial charge in [-0.05, 0) is 30.7 Å². The topological polar surface area (TPSA) is 38.3 Å². The lowest BCUT2D eigenvalue weighted by atomic mass is 10.0. The molecule has 3 aromatic carbocycles. The molecule has 126 valence electrons. The van der Waals surface area contributed by atoms with Crippen molar-refractivity contribution in [3.63, 3.8) is 0 Å². The van der Waals surface area contributed by atoms with Crippen LogP contribution in [0, 0.1) is 0 Å². The molecule has 0 aromatic heterocycles. The molecule has 0 heterocycles. The number of carbonyl (C=O) groups excluding carboxylic acids is 1. The molecule has 0 spiro atoms. The Labute approximate surface area is 152 Å². The van der Waals surface area contributed by atoms with Crippen molar-refractivity contribution in [1.29, 1.82) is 0 Å². The first-order valence-electron chi connectivity index (χ1n) is 8.01. The lowest BCUT2D eigenvalue weighted by Crippen LogP contribution is -2.30. The van der Waals surface area contributed by atoms with Gasteiger partial charge in [0.15, 0.2) is 6.10 Å². The molecule has 0 bridgehead atoms. The number of benzene rings is 3. The van der Waals surface area contributed by atoms with Crippen LogP contribution < -0.4 is 10.1 Å². The van der Waals surface area contributed by atoms with Gasteiger partial charge in [-0.1, -0.05) is 72.3 Å². The maximum atomic E-state index is 12.5. The molecule has 1 unspecified atom stereocenters. The Bertz CT molecular complexity index is 865. The van der Waals surface area contributed by atoms with E-state index in [4.69, 9.17) is 16.3 Å². The van der Waals surface area contributed by atoms with E-state index in [-0.39, 0.29) is 5.91 Å². The van der Waals surface area contributed by atoms with Crippen LogP contribution in [0.5, 0.6) is 5.75 Å². The number of anilines is 1. The first-order chi connectivity index (χ1) is 12.1. The van der Waals surface area contributed by atoms with E-state index in [2.05, 4.69) is 5.32 Å². The van der Waals surface area contributed by atoms with Crippen molar-refractivity contribution in [2.45, 2.75) is 13.0 Å². The van der Waals surface area contributed by atoms with Crippen molar-refractivity contribution in [2.75, 3.05) is 5.32 Å². The molecule has 1 atom stereocenters. The fourth-order valence-corrected chi connectivity index (χ4v) is 2.66. The van der Waals surface area contributed by atoms with Crippen molar-refractivity contribution < 1.29 is 9.53 Å². The van der Waals surface area contributed by atoms with Gasteiger partial charge in [-0.2, -0.15) is 0 Å². The first kappa shape index (κ1) is 17.1. The number of halogens is 1. The van der Waals surface area contributed by atoms with Crippen molar-refractivity contribution in [3.8, 4) is 16.9 Å². The summed E-state index contributed by atoms with van der Waals surface area (Å²) in [7, 11) is 0. The summed E-state index contributed by atoms with van der Waals surface area (Å²) in [4.78, 5) is 12.5. The quantitative estimate of drug-likeness (QED) is 0.667. The Morgan fingerprint density at radius 2 is 1.56 bits per heavy atom. The van der Waals surface area contributed by atoms with Crippen LogP contribution in [-0.4, -0.2) is 12.0 Å². The predicted octanol–water partition coefficient (Wildman–Crippen LogP) is 5.41. The van der Waals surface area contributed by atoms with Crippen molar-refractivity contribution >= 4 is 23.2 Å². The second-order valence-corrected chi connectivity index (χ2v) is 6.00. The van der Waals surface area contributed by atoms with E-state index >= 15 is 0 Å². The van der Waals surface area contributed by atoms with Gasteiger partial charge in [-0.3, -0.25) is 4.79 Å². The molecule has 3 rings (SSSR count). The summed E-state index contributed by atoms with van der Waals surface area (Å²) in [6.07, 6.45) is -0.677. The molecule has 0 fully saturated rings. The second kappa shape index (κ2) is 7.86. The summed E-state index contributed by atoms with van der Waals surface area (Å²) in [5.74, 6) is 0.256. The van der Waals surface area contributed by atoms with Crippen LogP contribution in [0.3, 0.4) is 0 Å². The highest BCUT2D eigenvalue weighted by Gasteiger charge is 2.17. The zero-order chi connectivity index (χ0) is 17.6. The fraction of sp³-hybridized carbons (Fsp3) is 0.0952. The minimum absolute atomic E-state index is 0.233. The standard InChI is InChI=1S/C21H18ClNO2/c1-15(25-20-14-8-6-12-18(20)22)21(24)23-19-13-7-5-11-17(19)16-9-3-2-4-10-16/h2-15H,1H3,(H,23,24). The minimum Gasteiger partial charge on any atom is -0.479 e. The normalized spacial score (nSPS) is 11.6. The minimum atomic E-state index is -0.677. The molecule has 4 heteroatoms. The molecule has 0 saturated heterocycles. The van der Waals surface area contributed by atoms with Crippen LogP contribution in [0.25, 0.3) is 11.1 Å². The van der Waals surface area contributed by atoms with Crippen LogP contribution >= 0.6 is 11.6 Å². The van der Waals surface area contributed by atoms with Crippen LogP contribution in [0.2, 0.25) is 5.02 Å². The Balaban J connectivity index is 1.76. The number of amides is 1. The van der Waals surface area contributed by atoms with Gasteiger partial charge in [-0.25, -0.2) is 0 Å². The van der Waals surface area contributed by atoms with Crippen molar-refractivity contribution in [3.05, 3.63) is 83.9 Å². The third-order valence-corrected chi connectivity index (χ3v) is 4.09. The number of nitrogens with one attached hydrogen (secondary N) is 1. The smallest absolute Gasteiger partial charge is 0.265 e. The van der Waals surface area contributed by atoms with Gasteiger partial charge < -0.3 is 10.1 Å². The molecule has 3 nitrogen and oxygen atoms in total.